The summed E-state index contributed by atoms with van der Waals surface area (Å²) in [5.41, 5.74) is 0. The van der Waals surface area contributed by atoms with Gasteiger partial charge in [-0.2, -0.15) is 0 Å². The molecule has 2 aromatic rings. The van der Waals surface area contributed by atoms with Crippen molar-refractivity contribution in [2.24, 2.45) is 0 Å². The molecule has 12 nitrogen and oxygen atoms in total. The predicted molar refractivity (Wildman–Crippen MR) is 84.2 cm³/mol. The van der Waals surface area contributed by atoms with E-state index in [1.165, 1.54) is 24.3 Å². The van der Waals surface area contributed by atoms with Crippen LogP contribution in [0.25, 0.3) is 0 Å². The minimum atomic E-state index is -0.329. The smallest absolute Gasteiger partial charge is 0.250 e. The fourth-order valence-electron chi connectivity index (χ4n) is 1.12. The summed E-state index contributed by atoms with van der Waals surface area (Å²) in [4.78, 5) is 40.1. The lowest BCUT2D eigenvalue weighted by Gasteiger charge is -1.80. The normalized spacial score (nSPS) is 13.2. The molecule has 0 fully saturated rings. The molecule has 0 atom stereocenters. The van der Waals surface area contributed by atoms with Crippen LogP contribution in [0, 0.1) is 0 Å². The molecule has 2 aliphatic heterocycles. The van der Waals surface area contributed by atoms with Crippen LogP contribution in [-0.2, 0) is 19.2 Å². The van der Waals surface area contributed by atoms with Crippen LogP contribution in [0.2, 0.25) is 0 Å². The van der Waals surface area contributed by atoms with E-state index in [0.717, 1.165) is 0 Å². The Kier molecular flexibility index (Phi) is 9.33. The number of rotatable bonds is 0. The molecule has 0 unspecified atom stereocenters. The maximum absolute atomic E-state index is 10.0. The summed E-state index contributed by atoms with van der Waals surface area (Å²) in [5, 5.41) is 24.3. The molecule has 0 saturated heterocycles. The zero-order chi connectivity index (χ0) is 19.0. The van der Waals surface area contributed by atoms with Crippen LogP contribution >= 0.6 is 0 Å². The number of hydrogen-bond acceptors (Lipinski definition) is 10. The summed E-state index contributed by atoms with van der Waals surface area (Å²) in [6.07, 6.45) is 11.1. The standard InChI is InChI=1S/2C4H3NO2.2C3H3N3/c2*6-3-1-2-4(7)5-3;2*1-2-4-6-5-3-1/h2*1-2H,(H,5,6,7);2*1-3H. The Morgan fingerprint density at radius 3 is 0.846 bits per heavy atom. The summed E-state index contributed by atoms with van der Waals surface area (Å²) in [5.74, 6) is -1.31. The third-order valence-corrected chi connectivity index (χ3v) is 2.08. The van der Waals surface area contributed by atoms with Gasteiger partial charge in [0.1, 0.15) is 0 Å². The minimum absolute atomic E-state index is 0.329. The number of carbonyl (C=O) groups is 4. The zero-order valence-corrected chi connectivity index (χ0v) is 13.1. The van der Waals surface area contributed by atoms with Gasteiger partial charge < -0.3 is 0 Å². The lowest BCUT2D eigenvalue weighted by atomic mass is 10.6. The first kappa shape index (κ1) is 19.8. The van der Waals surface area contributed by atoms with Crippen molar-refractivity contribution in [2.75, 3.05) is 0 Å². The average molecular weight is 356 g/mol. The number of aromatic nitrogens is 6. The first-order valence-electron chi connectivity index (χ1n) is 6.80. The first-order valence-corrected chi connectivity index (χ1v) is 6.80. The lowest BCUT2D eigenvalue weighted by molar-refractivity contribution is -0.125. The van der Waals surface area contributed by atoms with Crippen LogP contribution in [0.1, 0.15) is 0 Å². The maximum Gasteiger partial charge on any atom is 0.250 e. The average Bonchev–Trinajstić information content (AvgIpc) is 3.25. The van der Waals surface area contributed by atoms with E-state index < -0.39 is 0 Å². The Labute approximate surface area is 146 Å². The molecule has 26 heavy (non-hydrogen) atoms. The second-order valence-corrected chi connectivity index (χ2v) is 4.00. The molecule has 2 aromatic heterocycles. The van der Waals surface area contributed by atoms with Crippen molar-refractivity contribution in [3.05, 3.63) is 61.2 Å². The monoisotopic (exact) mass is 356 g/mol. The van der Waals surface area contributed by atoms with Gasteiger partial charge in [0.2, 0.25) is 0 Å². The van der Waals surface area contributed by atoms with Crippen LogP contribution < -0.4 is 10.6 Å². The van der Waals surface area contributed by atoms with Gasteiger partial charge in [0, 0.05) is 24.3 Å². The zero-order valence-electron chi connectivity index (χ0n) is 13.1. The maximum atomic E-state index is 10.0. The lowest BCUT2D eigenvalue weighted by Crippen LogP contribution is -2.19. The second kappa shape index (κ2) is 12.2. The molecule has 4 heterocycles. The molecule has 0 aromatic carbocycles. The van der Waals surface area contributed by atoms with E-state index in [2.05, 4.69) is 30.8 Å². The van der Waals surface area contributed by atoms with Gasteiger partial charge in [-0.05, 0) is 22.6 Å². The molecule has 0 saturated carbocycles. The van der Waals surface area contributed by atoms with Gasteiger partial charge in [-0.1, -0.05) is 0 Å². The molecule has 2 N–H and O–H groups in total. The fraction of sp³-hybridized carbons (Fsp3) is 0. The predicted octanol–water partition coefficient (Wildman–Crippen LogP) is -1.86. The topological polar surface area (TPSA) is 170 Å². The van der Waals surface area contributed by atoms with Gasteiger partial charge in [-0.15, -0.1) is 20.4 Å². The van der Waals surface area contributed by atoms with Crippen molar-refractivity contribution in [3.63, 3.8) is 0 Å². The highest BCUT2D eigenvalue weighted by Gasteiger charge is 2.07. The molecular weight excluding hydrogens is 344 g/mol. The number of amides is 4. The first-order chi connectivity index (χ1) is 12.6. The van der Waals surface area contributed by atoms with Gasteiger partial charge >= 0.3 is 0 Å². The van der Waals surface area contributed by atoms with Crippen molar-refractivity contribution in [3.8, 4) is 0 Å². The summed E-state index contributed by atoms with van der Waals surface area (Å²) < 4.78 is 0. The van der Waals surface area contributed by atoms with Crippen molar-refractivity contribution in [2.45, 2.75) is 0 Å². The molecular formula is C14H12N8O4. The number of nitrogens with zero attached hydrogens (tertiary/aromatic N) is 6. The Morgan fingerprint density at radius 2 is 0.769 bits per heavy atom. The van der Waals surface area contributed by atoms with Gasteiger partial charge in [0.15, 0.2) is 0 Å². The van der Waals surface area contributed by atoms with Gasteiger partial charge in [0.05, 0.1) is 24.8 Å². The van der Waals surface area contributed by atoms with Crippen molar-refractivity contribution in [1.82, 2.24) is 41.5 Å². The van der Waals surface area contributed by atoms with Crippen molar-refractivity contribution in [1.29, 1.82) is 0 Å². The van der Waals surface area contributed by atoms with Gasteiger partial charge in [-0.3, -0.25) is 29.8 Å². The Bertz CT molecular complexity index is 627. The highest BCUT2D eigenvalue weighted by Crippen LogP contribution is 1.83. The molecule has 0 aliphatic carbocycles. The number of nitrogens with one attached hydrogen (secondary N) is 2. The third kappa shape index (κ3) is 10.5. The van der Waals surface area contributed by atoms with Gasteiger partial charge in [-0.25, -0.2) is 0 Å². The van der Waals surface area contributed by atoms with E-state index in [-0.39, 0.29) is 23.6 Å². The largest absolute Gasteiger partial charge is 0.289 e. The molecule has 0 spiro atoms. The highest BCUT2D eigenvalue weighted by molar-refractivity contribution is 6.13. The molecule has 4 amide bonds. The number of imide groups is 2. The second-order valence-electron chi connectivity index (χ2n) is 4.00. The Balaban J connectivity index is 0.000000174. The third-order valence-electron chi connectivity index (χ3n) is 2.08. The van der Waals surface area contributed by atoms with E-state index in [1.807, 2.05) is 10.6 Å². The van der Waals surface area contributed by atoms with E-state index >= 15 is 0 Å². The summed E-state index contributed by atoms with van der Waals surface area (Å²) in [7, 11) is 0. The SMILES string of the molecule is O=C1C=CC(=O)N1.O=C1C=CC(=O)N1.c1cnnnc1.c1cnnnc1. The van der Waals surface area contributed by atoms with Gasteiger partial charge in [0.25, 0.3) is 23.6 Å². The van der Waals surface area contributed by atoms with Crippen molar-refractivity contribution >= 4 is 23.6 Å². The fourth-order valence-corrected chi connectivity index (χ4v) is 1.12. The Morgan fingerprint density at radius 1 is 0.500 bits per heavy atom. The molecule has 0 radical (unpaired) electrons. The molecule has 132 valence electrons. The van der Waals surface area contributed by atoms with E-state index in [1.54, 1.807) is 36.9 Å². The summed E-state index contributed by atoms with van der Waals surface area (Å²) >= 11 is 0. The minimum Gasteiger partial charge on any atom is -0.289 e. The van der Waals surface area contributed by atoms with Crippen molar-refractivity contribution < 1.29 is 19.2 Å². The van der Waals surface area contributed by atoms with Crippen LogP contribution in [0.15, 0.2) is 61.2 Å². The number of hydrogen-bond donors (Lipinski definition) is 2. The Hall–Kier alpha value is -4.22. The molecule has 0 bridgehead atoms. The molecule has 12 heteroatoms. The van der Waals surface area contributed by atoms with E-state index in [9.17, 15) is 19.2 Å². The summed E-state index contributed by atoms with van der Waals surface area (Å²) in [6, 6.07) is 3.43. The molecule has 4 rings (SSSR count). The number of carbonyl (C=O) groups excluding carboxylic acids is 4. The molecule has 2 aliphatic rings. The van der Waals surface area contributed by atoms with Crippen LogP contribution in [-0.4, -0.2) is 54.5 Å². The van der Waals surface area contributed by atoms with Crippen LogP contribution in [0.5, 0.6) is 0 Å². The van der Waals surface area contributed by atoms with Crippen LogP contribution in [0.3, 0.4) is 0 Å². The van der Waals surface area contributed by atoms with Crippen LogP contribution in [0.4, 0.5) is 0 Å². The highest BCUT2D eigenvalue weighted by atomic mass is 16.2. The quantitative estimate of drug-likeness (QED) is 0.510. The van der Waals surface area contributed by atoms with E-state index in [4.69, 9.17) is 0 Å². The summed E-state index contributed by atoms with van der Waals surface area (Å²) in [6.45, 7) is 0. The van der Waals surface area contributed by atoms with E-state index in [0.29, 0.717) is 0 Å².